The number of hydrogen-bond donors (Lipinski definition) is 1. The number of methoxy groups -OCH3 is 1. The number of morpholine rings is 1. The standard InChI is InChI=1S/C27H27N3O3/c1-32-22-12-10-20(11-13-22)26(30-14-16-33-17-15-30)19-29-27(31)25-9-5-4-8-24(25)23-7-3-2-6-21(23)18-28/h2-13,26H,14-17,19H2,1H3,(H,29,31)/t26-/m1/s1. The Kier molecular flexibility index (Phi) is 7.36. The molecule has 1 aliphatic heterocycles. The Labute approximate surface area is 194 Å². The lowest BCUT2D eigenvalue weighted by Crippen LogP contribution is -2.43. The number of nitrogens with zero attached hydrogens (tertiary/aromatic N) is 2. The molecule has 168 valence electrons. The van der Waals surface area contributed by atoms with Crippen LogP contribution in [0, 0.1) is 11.3 Å². The van der Waals surface area contributed by atoms with Crippen molar-refractivity contribution in [2.45, 2.75) is 6.04 Å². The number of hydrogen-bond acceptors (Lipinski definition) is 5. The molecular weight excluding hydrogens is 414 g/mol. The van der Waals surface area contributed by atoms with Crippen molar-refractivity contribution in [3.05, 3.63) is 89.5 Å². The van der Waals surface area contributed by atoms with E-state index in [1.165, 1.54) is 0 Å². The Bertz CT molecular complexity index is 1130. The number of nitriles is 1. The van der Waals surface area contributed by atoms with Crippen LogP contribution in [0.2, 0.25) is 0 Å². The van der Waals surface area contributed by atoms with Crippen molar-refractivity contribution in [3.8, 4) is 22.9 Å². The molecule has 1 aliphatic rings. The Morgan fingerprint density at radius 3 is 2.39 bits per heavy atom. The number of amides is 1. The molecule has 6 heteroatoms. The number of rotatable bonds is 7. The summed E-state index contributed by atoms with van der Waals surface area (Å²) in [5.74, 6) is 0.638. The third-order valence-electron chi connectivity index (χ3n) is 5.95. The van der Waals surface area contributed by atoms with Crippen LogP contribution in [0.5, 0.6) is 5.75 Å². The van der Waals surface area contributed by atoms with Crippen molar-refractivity contribution >= 4 is 5.91 Å². The molecule has 3 aromatic carbocycles. The van der Waals surface area contributed by atoms with Gasteiger partial charge in [0.1, 0.15) is 5.75 Å². The average molecular weight is 442 g/mol. The predicted octanol–water partition coefficient (Wildman–Crippen LogP) is 4.04. The zero-order valence-electron chi connectivity index (χ0n) is 18.7. The van der Waals surface area contributed by atoms with Gasteiger partial charge in [0.05, 0.1) is 38.0 Å². The molecule has 1 N–H and O–H groups in total. The van der Waals surface area contributed by atoms with Crippen molar-refractivity contribution in [3.63, 3.8) is 0 Å². The molecule has 4 rings (SSSR count). The van der Waals surface area contributed by atoms with Crippen LogP contribution >= 0.6 is 0 Å². The van der Waals surface area contributed by atoms with Crippen LogP contribution in [0.15, 0.2) is 72.8 Å². The largest absolute Gasteiger partial charge is 0.497 e. The second-order valence-electron chi connectivity index (χ2n) is 7.85. The smallest absolute Gasteiger partial charge is 0.251 e. The highest BCUT2D eigenvalue weighted by Gasteiger charge is 2.24. The van der Waals surface area contributed by atoms with Gasteiger partial charge in [0.2, 0.25) is 0 Å². The lowest BCUT2D eigenvalue weighted by Gasteiger charge is -2.35. The molecule has 6 nitrogen and oxygen atoms in total. The Hall–Kier alpha value is -3.66. The van der Waals surface area contributed by atoms with Gasteiger partial charge in [-0.1, -0.05) is 48.5 Å². The molecule has 1 amide bonds. The maximum absolute atomic E-state index is 13.3. The summed E-state index contributed by atoms with van der Waals surface area (Å²) in [4.78, 5) is 15.6. The lowest BCUT2D eigenvalue weighted by molar-refractivity contribution is 0.0162. The molecule has 0 bridgehead atoms. The molecule has 0 aliphatic carbocycles. The van der Waals surface area contributed by atoms with E-state index < -0.39 is 0 Å². The normalized spacial score (nSPS) is 14.8. The monoisotopic (exact) mass is 441 g/mol. The van der Waals surface area contributed by atoms with Gasteiger partial charge in [0, 0.05) is 30.8 Å². The third kappa shape index (κ3) is 5.23. The van der Waals surface area contributed by atoms with Gasteiger partial charge in [-0.05, 0) is 35.4 Å². The molecular formula is C27H27N3O3. The van der Waals surface area contributed by atoms with Gasteiger partial charge in [0.25, 0.3) is 5.91 Å². The first kappa shape index (κ1) is 22.5. The Morgan fingerprint density at radius 2 is 1.70 bits per heavy atom. The van der Waals surface area contributed by atoms with Gasteiger partial charge in [-0.25, -0.2) is 0 Å². The quantitative estimate of drug-likeness (QED) is 0.599. The van der Waals surface area contributed by atoms with Crippen LogP contribution in [0.3, 0.4) is 0 Å². The zero-order chi connectivity index (χ0) is 23.0. The van der Waals surface area contributed by atoms with Gasteiger partial charge in [-0.3, -0.25) is 9.69 Å². The molecule has 0 unspecified atom stereocenters. The van der Waals surface area contributed by atoms with Crippen LogP contribution in [0.25, 0.3) is 11.1 Å². The van der Waals surface area contributed by atoms with Crippen LogP contribution in [0.4, 0.5) is 0 Å². The fourth-order valence-electron chi connectivity index (χ4n) is 4.19. The predicted molar refractivity (Wildman–Crippen MR) is 127 cm³/mol. The SMILES string of the molecule is COc1ccc([C@@H](CNC(=O)c2ccccc2-c2ccccc2C#N)N2CCOCC2)cc1. The van der Waals surface area contributed by atoms with E-state index in [9.17, 15) is 10.1 Å². The van der Waals surface area contributed by atoms with Crippen molar-refractivity contribution in [1.82, 2.24) is 10.2 Å². The van der Waals surface area contributed by atoms with Crippen molar-refractivity contribution in [2.24, 2.45) is 0 Å². The average Bonchev–Trinajstić information content (AvgIpc) is 2.89. The second-order valence-corrected chi connectivity index (χ2v) is 7.85. The van der Waals surface area contributed by atoms with Gasteiger partial charge >= 0.3 is 0 Å². The lowest BCUT2D eigenvalue weighted by atomic mass is 9.95. The van der Waals surface area contributed by atoms with E-state index in [-0.39, 0.29) is 11.9 Å². The van der Waals surface area contributed by atoms with Crippen LogP contribution < -0.4 is 10.1 Å². The molecule has 0 aromatic heterocycles. The number of carbonyl (C=O) groups excluding carboxylic acids is 1. The second kappa shape index (κ2) is 10.8. The number of carbonyl (C=O) groups is 1. The van der Waals surface area contributed by atoms with Gasteiger partial charge in [-0.15, -0.1) is 0 Å². The first-order chi connectivity index (χ1) is 16.2. The van der Waals surface area contributed by atoms with E-state index in [1.807, 2.05) is 60.7 Å². The summed E-state index contributed by atoms with van der Waals surface area (Å²) in [7, 11) is 1.65. The molecule has 0 spiro atoms. The van der Waals surface area contributed by atoms with Gasteiger partial charge < -0.3 is 14.8 Å². The van der Waals surface area contributed by atoms with Gasteiger partial charge in [0.15, 0.2) is 0 Å². The minimum Gasteiger partial charge on any atom is -0.497 e. The molecule has 1 fully saturated rings. The van der Waals surface area contributed by atoms with Crippen molar-refractivity contribution < 1.29 is 14.3 Å². The summed E-state index contributed by atoms with van der Waals surface area (Å²) in [6.45, 7) is 3.42. The van der Waals surface area contributed by atoms with Crippen LogP contribution in [0.1, 0.15) is 27.5 Å². The zero-order valence-corrected chi connectivity index (χ0v) is 18.7. The maximum atomic E-state index is 13.3. The Morgan fingerprint density at radius 1 is 1.03 bits per heavy atom. The Balaban J connectivity index is 1.57. The third-order valence-corrected chi connectivity index (χ3v) is 5.95. The van der Waals surface area contributed by atoms with Crippen LogP contribution in [-0.4, -0.2) is 50.8 Å². The summed E-state index contributed by atoms with van der Waals surface area (Å²) in [5, 5.41) is 12.7. The summed E-state index contributed by atoms with van der Waals surface area (Å²) < 4.78 is 10.8. The highest BCUT2D eigenvalue weighted by atomic mass is 16.5. The molecule has 33 heavy (non-hydrogen) atoms. The van der Waals surface area contributed by atoms with Gasteiger partial charge in [-0.2, -0.15) is 5.26 Å². The molecule has 3 aromatic rings. The van der Waals surface area contributed by atoms with E-state index in [1.54, 1.807) is 19.2 Å². The topological polar surface area (TPSA) is 74.6 Å². The fourth-order valence-corrected chi connectivity index (χ4v) is 4.19. The number of nitrogens with one attached hydrogen (secondary N) is 1. The first-order valence-electron chi connectivity index (χ1n) is 11.0. The van der Waals surface area contributed by atoms with E-state index in [2.05, 4.69) is 16.3 Å². The number of benzene rings is 3. The summed E-state index contributed by atoms with van der Waals surface area (Å²) in [6, 6.07) is 25.0. The maximum Gasteiger partial charge on any atom is 0.251 e. The minimum absolute atomic E-state index is 0.0160. The van der Waals surface area contributed by atoms with E-state index >= 15 is 0 Å². The molecule has 0 saturated carbocycles. The molecule has 0 radical (unpaired) electrons. The summed E-state index contributed by atoms with van der Waals surface area (Å²) in [5.41, 5.74) is 3.71. The van der Waals surface area contributed by atoms with Crippen molar-refractivity contribution in [2.75, 3.05) is 40.0 Å². The van der Waals surface area contributed by atoms with E-state index in [0.29, 0.717) is 30.9 Å². The molecule has 1 heterocycles. The minimum atomic E-state index is -0.162. The summed E-state index contributed by atoms with van der Waals surface area (Å²) >= 11 is 0. The highest BCUT2D eigenvalue weighted by molar-refractivity contribution is 6.01. The van der Waals surface area contributed by atoms with Crippen molar-refractivity contribution in [1.29, 1.82) is 5.26 Å². The fraction of sp³-hybridized carbons (Fsp3) is 0.259. The first-order valence-corrected chi connectivity index (χ1v) is 11.0. The van der Waals surface area contributed by atoms with E-state index in [4.69, 9.17) is 9.47 Å². The molecule has 1 atom stereocenters. The van der Waals surface area contributed by atoms with Crippen LogP contribution in [-0.2, 0) is 4.74 Å². The highest BCUT2D eigenvalue weighted by Crippen LogP contribution is 2.28. The molecule has 1 saturated heterocycles. The van der Waals surface area contributed by atoms with E-state index in [0.717, 1.165) is 35.5 Å². The summed E-state index contributed by atoms with van der Waals surface area (Å²) in [6.07, 6.45) is 0. The number of ether oxygens (including phenoxy) is 2.